The van der Waals surface area contributed by atoms with E-state index in [0.29, 0.717) is 0 Å². The molecule has 1 aliphatic rings. The molecule has 0 amide bonds. The number of halogens is 1. The maximum absolute atomic E-state index is 6.35. The summed E-state index contributed by atoms with van der Waals surface area (Å²) in [4.78, 5) is 4.87. The first kappa shape index (κ1) is 19.6. The Morgan fingerprint density at radius 3 is 2.28 bits per heavy atom. The van der Waals surface area contributed by atoms with Crippen LogP contribution in [0.3, 0.4) is 0 Å². The summed E-state index contributed by atoms with van der Waals surface area (Å²) in [6, 6.07) is 18.9. The molecule has 136 valence electrons. The van der Waals surface area contributed by atoms with Crippen LogP contribution in [0.15, 0.2) is 54.6 Å². The molecular weight excluding hydrogens is 334 g/mol. The van der Waals surface area contributed by atoms with Gasteiger partial charge in [-0.1, -0.05) is 42.5 Å². The van der Waals surface area contributed by atoms with Crippen LogP contribution in [-0.2, 0) is 6.42 Å². The highest BCUT2D eigenvalue weighted by molar-refractivity contribution is 5.85. The molecule has 25 heavy (non-hydrogen) atoms. The predicted octanol–water partition coefficient (Wildman–Crippen LogP) is 2.81. The van der Waals surface area contributed by atoms with Gasteiger partial charge in [-0.05, 0) is 24.1 Å². The SMILES string of the molecule is COc1ccccc1N1CCN(C[C@H](N)Cc2ccccc2)CC1.Cl. The second-order valence-electron chi connectivity index (χ2n) is 6.41. The number of hydrogen-bond donors (Lipinski definition) is 1. The second-order valence-corrected chi connectivity index (χ2v) is 6.41. The van der Waals surface area contributed by atoms with Gasteiger partial charge in [-0.3, -0.25) is 4.90 Å². The van der Waals surface area contributed by atoms with Crippen molar-refractivity contribution in [3.8, 4) is 5.75 Å². The molecule has 0 aliphatic carbocycles. The molecule has 3 rings (SSSR count). The highest BCUT2D eigenvalue weighted by atomic mass is 35.5. The van der Waals surface area contributed by atoms with Crippen LogP contribution in [0.4, 0.5) is 5.69 Å². The van der Waals surface area contributed by atoms with E-state index in [2.05, 4.69) is 46.2 Å². The Hall–Kier alpha value is -1.75. The molecule has 1 saturated heterocycles. The van der Waals surface area contributed by atoms with Crippen LogP contribution in [0.5, 0.6) is 5.75 Å². The Morgan fingerprint density at radius 1 is 0.960 bits per heavy atom. The molecule has 0 aromatic heterocycles. The minimum Gasteiger partial charge on any atom is -0.495 e. The lowest BCUT2D eigenvalue weighted by molar-refractivity contribution is 0.241. The number of para-hydroxylation sites is 2. The van der Waals surface area contributed by atoms with Gasteiger partial charge in [0, 0.05) is 38.8 Å². The van der Waals surface area contributed by atoms with Crippen molar-refractivity contribution in [2.45, 2.75) is 12.5 Å². The van der Waals surface area contributed by atoms with E-state index in [0.717, 1.165) is 44.9 Å². The number of nitrogens with zero attached hydrogens (tertiary/aromatic N) is 2. The monoisotopic (exact) mass is 361 g/mol. The van der Waals surface area contributed by atoms with Crippen LogP contribution in [0.2, 0.25) is 0 Å². The summed E-state index contributed by atoms with van der Waals surface area (Å²) < 4.78 is 5.48. The number of hydrogen-bond acceptors (Lipinski definition) is 4. The highest BCUT2D eigenvalue weighted by Gasteiger charge is 2.20. The first-order valence-corrected chi connectivity index (χ1v) is 8.66. The van der Waals surface area contributed by atoms with E-state index in [1.807, 2.05) is 18.2 Å². The van der Waals surface area contributed by atoms with Gasteiger partial charge in [0.2, 0.25) is 0 Å². The predicted molar refractivity (Wildman–Crippen MR) is 107 cm³/mol. The van der Waals surface area contributed by atoms with Crippen molar-refractivity contribution in [2.24, 2.45) is 5.73 Å². The minimum absolute atomic E-state index is 0. The van der Waals surface area contributed by atoms with Gasteiger partial charge in [0.05, 0.1) is 12.8 Å². The largest absolute Gasteiger partial charge is 0.495 e. The fraction of sp³-hybridized carbons (Fsp3) is 0.400. The summed E-state index contributed by atoms with van der Waals surface area (Å²) >= 11 is 0. The molecule has 0 saturated carbocycles. The van der Waals surface area contributed by atoms with Crippen molar-refractivity contribution < 1.29 is 4.74 Å². The summed E-state index contributed by atoms with van der Waals surface area (Å²) in [6.07, 6.45) is 0.938. The van der Waals surface area contributed by atoms with E-state index in [-0.39, 0.29) is 18.4 Å². The lowest BCUT2D eigenvalue weighted by Crippen LogP contribution is -2.50. The number of ether oxygens (including phenoxy) is 1. The first-order valence-electron chi connectivity index (χ1n) is 8.66. The fourth-order valence-corrected chi connectivity index (χ4v) is 3.38. The van der Waals surface area contributed by atoms with Crippen molar-refractivity contribution in [3.63, 3.8) is 0 Å². The molecule has 0 radical (unpaired) electrons. The van der Waals surface area contributed by atoms with Crippen molar-refractivity contribution in [2.75, 3.05) is 44.7 Å². The standard InChI is InChI=1S/C20H27N3O.ClH/c1-24-20-10-6-5-9-19(20)23-13-11-22(12-14-23)16-18(21)15-17-7-3-2-4-8-17;/h2-10,18H,11-16,21H2,1H3;1H/t18-;/m1./s1. The highest BCUT2D eigenvalue weighted by Crippen LogP contribution is 2.28. The molecular formula is C20H28ClN3O. The van der Waals surface area contributed by atoms with E-state index < -0.39 is 0 Å². The van der Waals surface area contributed by atoms with E-state index in [9.17, 15) is 0 Å². The first-order chi connectivity index (χ1) is 11.8. The van der Waals surface area contributed by atoms with Gasteiger partial charge in [0.15, 0.2) is 0 Å². The number of methoxy groups -OCH3 is 1. The van der Waals surface area contributed by atoms with Gasteiger partial charge in [0.1, 0.15) is 5.75 Å². The third kappa shape index (κ3) is 5.36. The van der Waals surface area contributed by atoms with Crippen LogP contribution >= 0.6 is 12.4 Å². The number of anilines is 1. The van der Waals surface area contributed by atoms with E-state index in [1.165, 1.54) is 11.3 Å². The van der Waals surface area contributed by atoms with Gasteiger partial charge in [-0.2, -0.15) is 0 Å². The summed E-state index contributed by atoms with van der Waals surface area (Å²) in [5.41, 5.74) is 8.86. The molecule has 5 heteroatoms. The van der Waals surface area contributed by atoms with Crippen LogP contribution in [0.1, 0.15) is 5.56 Å². The Labute approximate surface area is 157 Å². The topological polar surface area (TPSA) is 41.7 Å². The van der Waals surface area contributed by atoms with Crippen molar-refractivity contribution in [1.82, 2.24) is 4.90 Å². The molecule has 0 unspecified atom stereocenters. The molecule has 4 nitrogen and oxygen atoms in total. The van der Waals surface area contributed by atoms with Crippen LogP contribution in [0.25, 0.3) is 0 Å². The molecule has 1 fully saturated rings. The van der Waals surface area contributed by atoms with E-state index in [1.54, 1.807) is 7.11 Å². The third-order valence-corrected chi connectivity index (χ3v) is 4.63. The van der Waals surface area contributed by atoms with Crippen LogP contribution < -0.4 is 15.4 Å². The molecule has 2 N–H and O–H groups in total. The number of nitrogens with two attached hydrogens (primary N) is 1. The maximum atomic E-state index is 6.35. The zero-order valence-electron chi connectivity index (χ0n) is 14.8. The van der Waals surface area contributed by atoms with Crippen LogP contribution in [0, 0.1) is 0 Å². The second kappa shape index (κ2) is 9.66. The van der Waals surface area contributed by atoms with Crippen molar-refractivity contribution >= 4 is 18.1 Å². The van der Waals surface area contributed by atoms with Gasteiger partial charge in [-0.25, -0.2) is 0 Å². The molecule has 2 aromatic rings. The smallest absolute Gasteiger partial charge is 0.142 e. The molecule has 1 atom stereocenters. The van der Waals surface area contributed by atoms with Crippen molar-refractivity contribution in [3.05, 3.63) is 60.2 Å². The average molecular weight is 362 g/mol. The zero-order chi connectivity index (χ0) is 16.8. The number of rotatable bonds is 6. The average Bonchev–Trinajstić information content (AvgIpc) is 2.63. The van der Waals surface area contributed by atoms with Crippen molar-refractivity contribution in [1.29, 1.82) is 0 Å². The lowest BCUT2D eigenvalue weighted by Gasteiger charge is -2.37. The third-order valence-electron chi connectivity index (χ3n) is 4.63. The molecule has 0 bridgehead atoms. The van der Waals surface area contributed by atoms with Gasteiger partial charge in [-0.15, -0.1) is 12.4 Å². The van der Waals surface area contributed by atoms with E-state index >= 15 is 0 Å². The van der Waals surface area contributed by atoms with Gasteiger partial charge < -0.3 is 15.4 Å². The zero-order valence-corrected chi connectivity index (χ0v) is 15.6. The molecule has 1 heterocycles. The summed E-state index contributed by atoms with van der Waals surface area (Å²) in [7, 11) is 1.73. The lowest BCUT2D eigenvalue weighted by atomic mass is 10.1. The Balaban J connectivity index is 0.00000225. The molecule has 2 aromatic carbocycles. The Kier molecular flexibility index (Phi) is 7.56. The number of benzene rings is 2. The summed E-state index contributed by atoms with van der Waals surface area (Å²) in [5, 5.41) is 0. The summed E-state index contributed by atoms with van der Waals surface area (Å²) in [6.45, 7) is 5.06. The van der Waals surface area contributed by atoms with E-state index in [4.69, 9.17) is 10.5 Å². The number of piperazine rings is 1. The molecule has 1 aliphatic heterocycles. The maximum Gasteiger partial charge on any atom is 0.142 e. The Morgan fingerprint density at radius 2 is 1.60 bits per heavy atom. The minimum atomic E-state index is 0. The van der Waals surface area contributed by atoms with Gasteiger partial charge in [0.25, 0.3) is 0 Å². The quantitative estimate of drug-likeness (QED) is 0.859. The van der Waals surface area contributed by atoms with Gasteiger partial charge >= 0.3 is 0 Å². The Bertz CT molecular complexity index is 630. The summed E-state index contributed by atoms with van der Waals surface area (Å²) in [5.74, 6) is 0.951. The normalized spacial score (nSPS) is 16.2. The van der Waals surface area contributed by atoms with Crippen LogP contribution in [-0.4, -0.2) is 50.8 Å². The molecule has 0 spiro atoms. The fourth-order valence-electron chi connectivity index (χ4n) is 3.38.